The summed E-state index contributed by atoms with van der Waals surface area (Å²) in [6, 6.07) is 14.1. The molecule has 0 atom stereocenters. The van der Waals surface area contributed by atoms with Gasteiger partial charge in [-0.25, -0.2) is 4.39 Å². The molecule has 0 saturated carbocycles. The van der Waals surface area contributed by atoms with Gasteiger partial charge < -0.3 is 4.74 Å². The van der Waals surface area contributed by atoms with Gasteiger partial charge in [-0.3, -0.25) is 9.67 Å². The molecule has 1 heterocycles. The summed E-state index contributed by atoms with van der Waals surface area (Å²) < 4.78 is 21.6. The normalized spacial score (nSPS) is 10.6. The topological polar surface area (TPSA) is 42.8 Å². The highest BCUT2D eigenvalue weighted by molar-refractivity contribution is 7.71. The molecule has 6 heteroatoms. The molecule has 0 spiro atoms. The quantitative estimate of drug-likeness (QED) is 0.749. The number of hydrogen-bond donors (Lipinski definition) is 1. The Morgan fingerprint density at radius 1 is 1.14 bits per heavy atom. The number of halogens is 1. The molecular weight excluding hydrogens is 289 g/mol. The molecule has 0 aliphatic heterocycles. The summed E-state index contributed by atoms with van der Waals surface area (Å²) in [5.74, 6) is 0.364. The van der Waals surface area contributed by atoms with Crippen molar-refractivity contribution in [3.8, 4) is 22.8 Å². The van der Waals surface area contributed by atoms with Crippen LogP contribution in [0.5, 0.6) is 5.75 Å². The predicted octanol–water partition coefficient (Wildman–Crippen LogP) is 3.74. The lowest BCUT2D eigenvalue weighted by molar-refractivity contribution is 0.413. The van der Waals surface area contributed by atoms with Crippen LogP contribution in [0.3, 0.4) is 0 Å². The average molecular weight is 301 g/mol. The summed E-state index contributed by atoms with van der Waals surface area (Å²) in [6.45, 7) is 0. The highest BCUT2D eigenvalue weighted by atomic mass is 32.1. The van der Waals surface area contributed by atoms with E-state index >= 15 is 0 Å². The van der Waals surface area contributed by atoms with Crippen LogP contribution in [0.4, 0.5) is 4.39 Å². The summed E-state index contributed by atoms with van der Waals surface area (Å²) >= 11 is 5.26. The maximum atomic E-state index is 14.2. The first-order valence-corrected chi connectivity index (χ1v) is 6.69. The molecule has 0 radical (unpaired) electrons. The summed E-state index contributed by atoms with van der Waals surface area (Å²) in [6.07, 6.45) is 0. The lowest BCUT2D eigenvalue weighted by Gasteiger charge is -2.11. The number of para-hydroxylation sites is 1. The molecule has 0 aliphatic rings. The minimum atomic E-state index is -0.416. The van der Waals surface area contributed by atoms with E-state index in [4.69, 9.17) is 17.0 Å². The molecule has 0 bridgehead atoms. The van der Waals surface area contributed by atoms with E-state index < -0.39 is 5.82 Å². The number of ether oxygens (including phenoxy) is 1. The van der Waals surface area contributed by atoms with Gasteiger partial charge in [-0.05, 0) is 36.5 Å². The number of methoxy groups -OCH3 is 1. The number of nitrogens with zero attached hydrogens (tertiary/aromatic N) is 2. The van der Waals surface area contributed by atoms with Crippen LogP contribution in [0.25, 0.3) is 17.1 Å². The van der Waals surface area contributed by atoms with Crippen LogP contribution in [-0.2, 0) is 0 Å². The first kappa shape index (κ1) is 13.5. The van der Waals surface area contributed by atoms with Crippen LogP contribution in [0.2, 0.25) is 0 Å². The largest absolute Gasteiger partial charge is 0.496 e. The predicted molar refractivity (Wildman–Crippen MR) is 80.7 cm³/mol. The number of benzene rings is 2. The van der Waals surface area contributed by atoms with E-state index in [0.29, 0.717) is 16.3 Å². The third kappa shape index (κ3) is 2.34. The molecule has 0 aliphatic carbocycles. The average Bonchev–Trinajstić information content (AvgIpc) is 2.89. The van der Waals surface area contributed by atoms with Gasteiger partial charge in [0.25, 0.3) is 0 Å². The Balaban J connectivity index is 2.30. The molecule has 0 fully saturated rings. The van der Waals surface area contributed by atoms with Crippen molar-refractivity contribution in [2.45, 2.75) is 0 Å². The Morgan fingerprint density at radius 3 is 2.62 bits per heavy atom. The number of aromatic nitrogens is 3. The highest BCUT2D eigenvalue weighted by Crippen LogP contribution is 2.32. The van der Waals surface area contributed by atoms with Gasteiger partial charge in [0.1, 0.15) is 11.6 Å². The van der Waals surface area contributed by atoms with E-state index in [1.165, 1.54) is 13.2 Å². The SMILES string of the molecule is COc1cccc(F)c1-c1n[nH]c(=S)n1-c1ccccc1. The zero-order valence-electron chi connectivity index (χ0n) is 11.2. The van der Waals surface area contributed by atoms with E-state index in [0.717, 1.165) is 5.69 Å². The molecule has 0 saturated heterocycles. The maximum Gasteiger partial charge on any atom is 0.200 e. The number of hydrogen-bond acceptors (Lipinski definition) is 3. The standard InChI is InChI=1S/C15H12FN3OS/c1-20-12-9-5-8-11(16)13(12)14-17-18-15(21)19(14)10-6-3-2-4-7-10/h2-9H,1H3,(H,18,21). The molecule has 1 N–H and O–H groups in total. The third-order valence-electron chi connectivity index (χ3n) is 3.11. The Morgan fingerprint density at radius 2 is 1.90 bits per heavy atom. The monoisotopic (exact) mass is 301 g/mol. The number of aromatic amines is 1. The molecule has 4 nitrogen and oxygen atoms in total. The Bertz CT molecular complexity index is 826. The summed E-state index contributed by atoms with van der Waals surface area (Å²) in [7, 11) is 1.49. The van der Waals surface area contributed by atoms with Gasteiger partial charge in [-0.15, -0.1) is 0 Å². The summed E-state index contributed by atoms with van der Waals surface area (Å²) in [4.78, 5) is 0. The van der Waals surface area contributed by atoms with Gasteiger partial charge in [-0.2, -0.15) is 5.10 Å². The van der Waals surface area contributed by atoms with Gasteiger partial charge >= 0.3 is 0 Å². The Hall–Kier alpha value is -2.47. The molecule has 21 heavy (non-hydrogen) atoms. The fourth-order valence-electron chi connectivity index (χ4n) is 2.17. The fourth-order valence-corrected chi connectivity index (χ4v) is 2.41. The molecule has 2 aromatic carbocycles. The van der Waals surface area contributed by atoms with E-state index in [1.807, 2.05) is 30.3 Å². The van der Waals surface area contributed by atoms with Crippen molar-refractivity contribution in [2.75, 3.05) is 7.11 Å². The van der Waals surface area contributed by atoms with Crippen molar-refractivity contribution in [1.29, 1.82) is 0 Å². The van der Waals surface area contributed by atoms with Crippen molar-refractivity contribution in [2.24, 2.45) is 0 Å². The number of H-pyrrole nitrogens is 1. The Labute approximate surface area is 125 Å². The fraction of sp³-hybridized carbons (Fsp3) is 0.0667. The first-order chi connectivity index (χ1) is 10.2. The van der Waals surface area contributed by atoms with Crippen LogP contribution in [0, 0.1) is 10.6 Å². The van der Waals surface area contributed by atoms with Crippen molar-refractivity contribution < 1.29 is 9.13 Å². The Kier molecular flexibility index (Phi) is 3.53. The zero-order valence-corrected chi connectivity index (χ0v) is 12.0. The zero-order chi connectivity index (χ0) is 14.8. The second-order valence-corrected chi connectivity index (χ2v) is 4.73. The third-order valence-corrected chi connectivity index (χ3v) is 3.38. The van der Waals surface area contributed by atoms with Gasteiger partial charge in [0.15, 0.2) is 10.6 Å². The van der Waals surface area contributed by atoms with Gasteiger partial charge in [0, 0.05) is 5.69 Å². The molecule has 0 amide bonds. The molecule has 0 unspecified atom stereocenters. The number of rotatable bonds is 3. The molecular formula is C15H12FN3OS. The second kappa shape index (κ2) is 5.49. The van der Waals surface area contributed by atoms with Crippen molar-refractivity contribution in [1.82, 2.24) is 14.8 Å². The lowest BCUT2D eigenvalue weighted by atomic mass is 10.1. The van der Waals surface area contributed by atoms with Crippen molar-refractivity contribution >= 4 is 12.2 Å². The first-order valence-electron chi connectivity index (χ1n) is 6.28. The van der Waals surface area contributed by atoms with E-state index in [1.54, 1.807) is 16.7 Å². The minimum absolute atomic E-state index is 0.274. The van der Waals surface area contributed by atoms with Crippen LogP contribution in [0.15, 0.2) is 48.5 Å². The summed E-state index contributed by atoms with van der Waals surface area (Å²) in [5.41, 5.74) is 1.08. The van der Waals surface area contributed by atoms with Crippen molar-refractivity contribution in [3.05, 3.63) is 59.1 Å². The van der Waals surface area contributed by atoms with E-state index in [9.17, 15) is 4.39 Å². The van der Waals surface area contributed by atoms with Crippen molar-refractivity contribution in [3.63, 3.8) is 0 Å². The van der Waals surface area contributed by atoms with Crippen LogP contribution < -0.4 is 4.74 Å². The van der Waals surface area contributed by atoms with Gasteiger partial charge in [0.05, 0.1) is 12.7 Å². The van der Waals surface area contributed by atoms with Gasteiger partial charge in [-0.1, -0.05) is 24.3 Å². The van der Waals surface area contributed by atoms with E-state index in [2.05, 4.69) is 10.2 Å². The molecule has 106 valence electrons. The van der Waals surface area contributed by atoms with Crippen LogP contribution >= 0.6 is 12.2 Å². The van der Waals surface area contributed by atoms with E-state index in [-0.39, 0.29) is 5.56 Å². The lowest BCUT2D eigenvalue weighted by Crippen LogP contribution is -2.01. The highest BCUT2D eigenvalue weighted by Gasteiger charge is 2.19. The minimum Gasteiger partial charge on any atom is -0.496 e. The smallest absolute Gasteiger partial charge is 0.200 e. The molecule has 3 rings (SSSR count). The number of nitrogens with one attached hydrogen (secondary N) is 1. The summed E-state index contributed by atoms with van der Waals surface area (Å²) in [5, 5.41) is 6.86. The van der Waals surface area contributed by atoms with Crippen LogP contribution in [0.1, 0.15) is 0 Å². The second-order valence-electron chi connectivity index (χ2n) is 4.34. The molecule has 1 aromatic heterocycles. The maximum absolute atomic E-state index is 14.2. The van der Waals surface area contributed by atoms with Gasteiger partial charge in [0.2, 0.25) is 0 Å². The molecule has 3 aromatic rings. The van der Waals surface area contributed by atoms with Crippen LogP contribution in [-0.4, -0.2) is 21.9 Å².